The van der Waals surface area contributed by atoms with Crippen LogP contribution in [0, 0.1) is 5.41 Å². The van der Waals surface area contributed by atoms with Crippen molar-refractivity contribution in [1.29, 1.82) is 0 Å². The van der Waals surface area contributed by atoms with Crippen LogP contribution in [-0.4, -0.2) is 18.4 Å². The van der Waals surface area contributed by atoms with E-state index >= 15 is 0 Å². The molecule has 3 nitrogen and oxygen atoms in total. The largest absolute Gasteiger partial charge is 0.465 e. The third-order valence-corrected chi connectivity index (χ3v) is 4.13. The summed E-state index contributed by atoms with van der Waals surface area (Å²) in [6.07, 6.45) is 3.19. The Kier molecular flexibility index (Phi) is 4.81. The van der Waals surface area contributed by atoms with Gasteiger partial charge in [0.05, 0.1) is 6.61 Å². The predicted molar refractivity (Wildman–Crippen MR) is 77.7 cm³/mol. The third kappa shape index (κ3) is 3.04. The summed E-state index contributed by atoms with van der Waals surface area (Å²) in [5.41, 5.74) is -0.0556. The number of rotatable bonds is 4. The maximum absolute atomic E-state index is 12.4. The molecular formula is C16H19ClO3. The second-order valence-electron chi connectivity index (χ2n) is 5.24. The van der Waals surface area contributed by atoms with Gasteiger partial charge in [-0.15, -0.1) is 0 Å². The highest BCUT2D eigenvalue weighted by atomic mass is 35.5. The van der Waals surface area contributed by atoms with Crippen molar-refractivity contribution < 1.29 is 14.3 Å². The van der Waals surface area contributed by atoms with Crippen LogP contribution < -0.4 is 0 Å². The van der Waals surface area contributed by atoms with Crippen molar-refractivity contribution in [3.05, 3.63) is 34.9 Å². The lowest BCUT2D eigenvalue weighted by molar-refractivity contribution is -0.162. The van der Waals surface area contributed by atoms with Crippen LogP contribution in [-0.2, 0) is 20.7 Å². The van der Waals surface area contributed by atoms with Gasteiger partial charge in [0.1, 0.15) is 5.41 Å². The minimum atomic E-state index is -0.998. The van der Waals surface area contributed by atoms with Gasteiger partial charge in [-0.2, -0.15) is 0 Å². The SMILES string of the molecule is CCOC(=O)[C@]1(Cc2ccc(Cl)cc2)CCCCC1=O. The first-order chi connectivity index (χ1) is 9.58. The second kappa shape index (κ2) is 6.40. The van der Waals surface area contributed by atoms with E-state index in [1.54, 1.807) is 19.1 Å². The summed E-state index contributed by atoms with van der Waals surface area (Å²) >= 11 is 5.87. The van der Waals surface area contributed by atoms with E-state index in [1.165, 1.54) is 0 Å². The molecule has 1 aromatic rings. The Morgan fingerprint density at radius 3 is 2.60 bits per heavy atom. The summed E-state index contributed by atoms with van der Waals surface area (Å²) in [6.45, 7) is 2.07. The van der Waals surface area contributed by atoms with E-state index < -0.39 is 5.41 Å². The number of Topliss-reactive ketones (excluding diaryl/α,β-unsaturated/α-hetero) is 1. The van der Waals surface area contributed by atoms with Gasteiger partial charge in [0.25, 0.3) is 0 Å². The fourth-order valence-corrected chi connectivity index (χ4v) is 2.91. The van der Waals surface area contributed by atoms with Crippen LogP contribution in [0.2, 0.25) is 5.02 Å². The molecule has 0 N–H and O–H groups in total. The lowest BCUT2D eigenvalue weighted by atomic mass is 9.69. The second-order valence-corrected chi connectivity index (χ2v) is 5.67. The molecule has 1 aliphatic carbocycles. The molecule has 1 fully saturated rings. The molecule has 0 heterocycles. The van der Waals surface area contributed by atoms with Gasteiger partial charge in [0, 0.05) is 11.4 Å². The molecule has 108 valence electrons. The van der Waals surface area contributed by atoms with Crippen LogP contribution in [0.5, 0.6) is 0 Å². The van der Waals surface area contributed by atoms with Gasteiger partial charge in [-0.1, -0.05) is 30.2 Å². The molecule has 1 atom stereocenters. The van der Waals surface area contributed by atoms with E-state index in [2.05, 4.69) is 0 Å². The molecule has 0 saturated heterocycles. The van der Waals surface area contributed by atoms with Crippen molar-refractivity contribution in [2.24, 2.45) is 5.41 Å². The first-order valence-corrected chi connectivity index (χ1v) is 7.41. The van der Waals surface area contributed by atoms with Crippen LogP contribution in [0.4, 0.5) is 0 Å². The zero-order valence-electron chi connectivity index (χ0n) is 11.7. The molecule has 0 aromatic heterocycles. The Balaban J connectivity index is 2.28. The van der Waals surface area contributed by atoms with E-state index in [-0.39, 0.29) is 11.8 Å². The average Bonchev–Trinajstić information content (AvgIpc) is 2.44. The Bertz CT molecular complexity index is 495. The molecule has 0 spiro atoms. The Morgan fingerprint density at radius 1 is 1.30 bits per heavy atom. The average molecular weight is 295 g/mol. The number of carbonyl (C=O) groups is 2. The lowest BCUT2D eigenvalue weighted by Gasteiger charge is -2.33. The Labute approximate surface area is 124 Å². The van der Waals surface area contributed by atoms with Crippen LogP contribution >= 0.6 is 11.6 Å². The molecule has 0 bridgehead atoms. The number of hydrogen-bond acceptors (Lipinski definition) is 3. The van der Waals surface area contributed by atoms with Crippen molar-refractivity contribution in [2.75, 3.05) is 6.61 Å². The minimum absolute atomic E-state index is 0.0113. The molecule has 0 unspecified atom stereocenters. The van der Waals surface area contributed by atoms with E-state index in [9.17, 15) is 9.59 Å². The van der Waals surface area contributed by atoms with Gasteiger partial charge in [0.2, 0.25) is 0 Å². The predicted octanol–water partition coefficient (Wildman–Crippen LogP) is 3.58. The molecule has 1 saturated carbocycles. The number of halogens is 1. The summed E-state index contributed by atoms with van der Waals surface area (Å²) in [6, 6.07) is 7.29. The van der Waals surface area contributed by atoms with Gasteiger partial charge >= 0.3 is 5.97 Å². The van der Waals surface area contributed by atoms with Gasteiger partial charge in [0.15, 0.2) is 5.78 Å². The molecule has 1 aromatic carbocycles. The fraction of sp³-hybridized carbons (Fsp3) is 0.500. The van der Waals surface area contributed by atoms with Crippen molar-refractivity contribution in [3.63, 3.8) is 0 Å². The standard InChI is InChI=1S/C16H19ClO3/c1-2-20-15(19)16(10-4-3-5-14(16)18)11-12-6-8-13(17)9-7-12/h6-9H,2-5,10-11H2,1H3/t16-/m0/s1. The van der Waals surface area contributed by atoms with E-state index in [4.69, 9.17) is 16.3 Å². The number of carbonyl (C=O) groups excluding carboxylic acids is 2. The van der Waals surface area contributed by atoms with Crippen molar-refractivity contribution >= 4 is 23.4 Å². The van der Waals surface area contributed by atoms with Gasteiger partial charge in [-0.3, -0.25) is 9.59 Å². The quantitative estimate of drug-likeness (QED) is 0.630. The molecule has 0 radical (unpaired) electrons. The molecule has 0 aliphatic heterocycles. The number of ether oxygens (including phenoxy) is 1. The molecule has 2 rings (SSSR count). The zero-order chi connectivity index (χ0) is 14.6. The maximum atomic E-state index is 12.4. The van der Waals surface area contributed by atoms with Crippen molar-refractivity contribution in [1.82, 2.24) is 0 Å². The van der Waals surface area contributed by atoms with Gasteiger partial charge < -0.3 is 4.74 Å². The lowest BCUT2D eigenvalue weighted by Crippen LogP contribution is -2.44. The van der Waals surface area contributed by atoms with Crippen molar-refractivity contribution in [3.8, 4) is 0 Å². The van der Waals surface area contributed by atoms with E-state index in [0.717, 1.165) is 18.4 Å². The fourth-order valence-electron chi connectivity index (χ4n) is 2.79. The Hall–Kier alpha value is -1.35. The first-order valence-electron chi connectivity index (χ1n) is 7.03. The van der Waals surface area contributed by atoms with E-state index in [0.29, 0.717) is 30.9 Å². The number of hydrogen-bond donors (Lipinski definition) is 0. The van der Waals surface area contributed by atoms with Crippen molar-refractivity contribution in [2.45, 2.75) is 39.0 Å². The molecule has 1 aliphatic rings. The van der Waals surface area contributed by atoms with E-state index in [1.807, 2.05) is 12.1 Å². The van der Waals surface area contributed by atoms with Crippen LogP contribution in [0.15, 0.2) is 24.3 Å². The summed E-state index contributed by atoms with van der Waals surface area (Å²) in [5, 5.41) is 0.647. The Morgan fingerprint density at radius 2 is 2.00 bits per heavy atom. The molecule has 0 amide bonds. The third-order valence-electron chi connectivity index (χ3n) is 3.88. The topological polar surface area (TPSA) is 43.4 Å². The highest BCUT2D eigenvalue weighted by Gasteiger charge is 2.47. The number of ketones is 1. The van der Waals surface area contributed by atoms with Gasteiger partial charge in [-0.05, 0) is 43.9 Å². The zero-order valence-corrected chi connectivity index (χ0v) is 12.4. The first kappa shape index (κ1) is 15.0. The minimum Gasteiger partial charge on any atom is -0.465 e. The number of benzene rings is 1. The van der Waals surface area contributed by atoms with Gasteiger partial charge in [-0.25, -0.2) is 0 Å². The maximum Gasteiger partial charge on any atom is 0.319 e. The highest BCUT2D eigenvalue weighted by molar-refractivity contribution is 6.30. The monoisotopic (exact) mass is 294 g/mol. The normalized spacial score (nSPS) is 22.6. The summed E-state index contributed by atoms with van der Waals surface area (Å²) in [5.74, 6) is -0.364. The number of esters is 1. The van der Waals surface area contributed by atoms with Crippen LogP contribution in [0.1, 0.15) is 38.2 Å². The summed E-state index contributed by atoms with van der Waals surface area (Å²) < 4.78 is 5.17. The molecule has 4 heteroatoms. The smallest absolute Gasteiger partial charge is 0.319 e. The van der Waals surface area contributed by atoms with Crippen LogP contribution in [0.25, 0.3) is 0 Å². The molecular weight excluding hydrogens is 276 g/mol. The summed E-state index contributed by atoms with van der Waals surface area (Å²) in [7, 11) is 0. The summed E-state index contributed by atoms with van der Waals surface area (Å²) in [4.78, 5) is 24.7. The highest BCUT2D eigenvalue weighted by Crippen LogP contribution is 2.38. The van der Waals surface area contributed by atoms with Crippen LogP contribution in [0.3, 0.4) is 0 Å². The molecule has 20 heavy (non-hydrogen) atoms.